The van der Waals surface area contributed by atoms with Crippen molar-refractivity contribution in [1.29, 1.82) is 0 Å². The molecule has 2 rings (SSSR count). The molecule has 1 heterocycles. The van der Waals surface area contributed by atoms with Crippen LogP contribution in [0.15, 0.2) is 36.4 Å². The van der Waals surface area contributed by atoms with Gasteiger partial charge < -0.3 is 5.32 Å². The summed E-state index contributed by atoms with van der Waals surface area (Å²) in [7, 11) is 0. The third-order valence-electron chi connectivity index (χ3n) is 3.25. The molecule has 1 aromatic rings. The number of hydrogen-bond donors (Lipinski definition) is 1. The summed E-state index contributed by atoms with van der Waals surface area (Å²) in [6, 6.07) is 9.48. The Labute approximate surface area is 111 Å². The summed E-state index contributed by atoms with van der Waals surface area (Å²) in [6.45, 7) is 8.68. The van der Waals surface area contributed by atoms with Crippen LogP contribution in [0, 0.1) is 0 Å². The molecular weight excluding hydrogens is 220 g/mol. The average molecular weight is 244 g/mol. The molecule has 18 heavy (non-hydrogen) atoms. The van der Waals surface area contributed by atoms with E-state index in [-0.39, 0.29) is 0 Å². The van der Waals surface area contributed by atoms with Crippen molar-refractivity contribution in [3.8, 4) is 0 Å². The van der Waals surface area contributed by atoms with Crippen molar-refractivity contribution in [2.45, 2.75) is 39.4 Å². The Morgan fingerprint density at radius 3 is 2.78 bits per heavy atom. The second-order valence-electron chi connectivity index (χ2n) is 5.35. The minimum Gasteiger partial charge on any atom is -0.310 e. The number of rotatable bonds is 5. The van der Waals surface area contributed by atoms with Gasteiger partial charge in [0.1, 0.15) is 0 Å². The lowest BCUT2D eigenvalue weighted by Crippen LogP contribution is -2.26. The summed E-state index contributed by atoms with van der Waals surface area (Å²) in [4.78, 5) is 2.50. The molecule has 0 unspecified atom stereocenters. The first-order valence-electron chi connectivity index (χ1n) is 6.92. The van der Waals surface area contributed by atoms with Gasteiger partial charge in [0.05, 0.1) is 0 Å². The zero-order valence-corrected chi connectivity index (χ0v) is 11.5. The summed E-state index contributed by atoms with van der Waals surface area (Å²) in [5.74, 6) is 0. The highest BCUT2D eigenvalue weighted by atomic mass is 15.1. The fraction of sp³-hybridized carbons (Fsp3) is 0.500. The molecule has 0 radical (unpaired) electrons. The Morgan fingerprint density at radius 1 is 1.22 bits per heavy atom. The van der Waals surface area contributed by atoms with Crippen molar-refractivity contribution in [2.24, 2.45) is 0 Å². The molecule has 1 aromatic carbocycles. The van der Waals surface area contributed by atoms with Gasteiger partial charge in [-0.25, -0.2) is 0 Å². The first-order valence-corrected chi connectivity index (χ1v) is 6.92. The van der Waals surface area contributed by atoms with Crippen LogP contribution in [-0.2, 0) is 13.1 Å². The van der Waals surface area contributed by atoms with Crippen LogP contribution in [-0.4, -0.2) is 24.0 Å². The molecule has 0 fully saturated rings. The second-order valence-corrected chi connectivity index (χ2v) is 5.35. The van der Waals surface area contributed by atoms with E-state index >= 15 is 0 Å². The van der Waals surface area contributed by atoms with Crippen LogP contribution in [0.3, 0.4) is 0 Å². The molecule has 2 nitrogen and oxygen atoms in total. The van der Waals surface area contributed by atoms with Crippen LogP contribution < -0.4 is 5.32 Å². The van der Waals surface area contributed by atoms with E-state index in [1.165, 1.54) is 24.1 Å². The van der Waals surface area contributed by atoms with Crippen molar-refractivity contribution < 1.29 is 0 Å². The van der Waals surface area contributed by atoms with E-state index in [1.54, 1.807) is 0 Å². The fourth-order valence-corrected chi connectivity index (χ4v) is 2.25. The van der Waals surface area contributed by atoms with E-state index in [1.807, 2.05) is 0 Å². The van der Waals surface area contributed by atoms with Gasteiger partial charge in [-0.1, -0.05) is 50.3 Å². The van der Waals surface area contributed by atoms with E-state index in [4.69, 9.17) is 0 Å². The molecule has 1 aliphatic heterocycles. The molecule has 2 heteroatoms. The quantitative estimate of drug-likeness (QED) is 0.801. The molecule has 0 aromatic heterocycles. The molecule has 0 saturated heterocycles. The number of nitrogens with zero attached hydrogens (tertiary/aromatic N) is 1. The molecule has 1 N–H and O–H groups in total. The van der Waals surface area contributed by atoms with Crippen LogP contribution in [0.2, 0.25) is 0 Å². The topological polar surface area (TPSA) is 15.3 Å². The van der Waals surface area contributed by atoms with Gasteiger partial charge in [-0.05, 0) is 17.5 Å². The summed E-state index contributed by atoms with van der Waals surface area (Å²) in [6.07, 6.45) is 5.74. The Bertz CT molecular complexity index is 396. The standard InChI is InChI=1S/C16H24N2/c1-14(2)17-12-15-7-6-8-16(11-15)13-18-9-4-3-5-10-18/h3-4,6-8,11,14,17H,5,9-10,12-13H2,1-2H3. The summed E-state index contributed by atoms with van der Waals surface area (Å²) in [5, 5.41) is 3.47. The molecule has 1 aliphatic rings. The fourth-order valence-electron chi connectivity index (χ4n) is 2.25. The van der Waals surface area contributed by atoms with Gasteiger partial charge in [-0.15, -0.1) is 0 Å². The lowest BCUT2D eigenvalue weighted by Gasteiger charge is -2.23. The van der Waals surface area contributed by atoms with Gasteiger partial charge in [0, 0.05) is 32.2 Å². The minimum absolute atomic E-state index is 0.542. The Balaban J connectivity index is 1.92. The monoisotopic (exact) mass is 244 g/mol. The maximum absolute atomic E-state index is 3.47. The van der Waals surface area contributed by atoms with E-state index in [9.17, 15) is 0 Å². The first kappa shape index (κ1) is 13.3. The van der Waals surface area contributed by atoms with Gasteiger partial charge >= 0.3 is 0 Å². The molecule has 0 amide bonds. The van der Waals surface area contributed by atoms with Crippen LogP contribution in [0.4, 0.5) is 0 Å². The van der Waals surface area contributed by atoms with Crippen molar-refractivity contribution in [1.82, 2.24) is 10.2 Å². The van der Waals surface area contributed by atoms with E-state index in [2.05, 4.69) is 60.5 Å². The van der Waals surface area contributed by atoms with Gasteiger partial charge in [-0.2, -0.15) is 0 Å². The molecule has 0 bridgehead atoms. The summed E-state index contributed by atoms with van der Waals surface area (Å²) < 4.78 is 0. The summed E-state index contributed by atoms with van der Waals surface area (Å²) >= 11 is 0. The first-order chi connectivity index (χ1) is 8.74. The highest BCUT2D eigenvalue weighted by molar-refractivity contribution is 5.23. The maximum atomic E-state index is 3.47. The lowest BCUT2D eigenvalue weighted by molar-refractivity contribution is 0.290. The van der Waals surface area contributed by atoms with Gasteiger partial charge in [0.2, 0.25) is 0 Å². The average Bonchev–Trinajstić information content (AvgIpc) is 2.38. The zero-order valence-electron chi connectivity index (χ0n) is 11.5. The SMILES string of the molecule is CC(C)NCc1cccc(CN2CC=CCC2)c1. The van der Waals surface area contributed by atoms with E-state index in [0.717, 1.165) is 19.6 Å². The van der Waals surface area contributed by atoms with Crippen molar-refractivity contribution in [3.05, 3.63) is 47.5 Å². The highest BCUT2D eigenvalue weighted by Crippen LogP contribution is 2.11. The molecule has 0 atom stereocenters. The second kappa shape index (κ2) is 6.72. The number of hydrogen-bond acceptors (Lipinski definition) is 2. The molecular formula is C16H24N2. The third-order valence-corrected chi connectivity index (χ3v) is 3.25. The smallest absolute Gasteiger partial charge is 0.0237 e. The van der Waals surface area contributed by atoms with Gasteiger partial charge in [0.15, 0.2) is 0 Å². The Morgan fingerprint density at radius 2 is 2.06 bits per heavy atom. The van der Waals surface area contributed by atoms with Crippen LogP contribution in [0.25, 0.3) is 0 Å². The lowest BCUT2D eigenvalue weighted by atomic mass is 10.1. The Kier molecular flexibility index (Phi) is 4.97. The molecule has 0 aliphatic carbocycles. The van der Waals surface area contributed by atoms with Crippen LogP contribution in [0.1, 0.15) is 31.4 Å². The van der Waals surface area contributed by atoms with Gasteiger partial charge in [-0.3, -0.25) is 4.90 Å². The largest absolute Gasteiger partial charge is 0.310 e. The predicted molar refractivity (Wildman–Crippen MR) is 77.5 cm³/mol. The molecule has 98 valence electrons. The maximum Gasteiger partial charge on any atom is 0.0237 e. The molecule has 0 saturated carbocycles. The molecule has 0 spiro atoms. The van der Waals surface area contributed by atoms with Crippen molar-refractivity contribution >= 4 is 0 Å². The van der Waals surface area contributed by atoms with Crippen molar-refractivity contribution in [2.75, 3.05) is 13.1 Å². The Hall–Kier alpha value is -1.12. The highest BCUT2D eigenvalue weighted by Gasteiger charge is 2.07. The van der Waals surface area contributed by atoms with E-state index in [0.29, 0.717) is 6.04 Å². The zero-order chi connectivity index (χ0) is 12.8. The van der Waals surface area contributed by atoms with Crippen LogP contribution in [0.5, 0.6) is 0 Å². The summed E-state index contributed by atoms with van der Waals surface area (Å²) in [5.41, 5.74) is 2.81. The minimum atomic E-state index is 0.542. The number of nitrogens with one attached hydrogen (secondary N) is 1. The van der Waals surface area contributed by atoms with Crippen LogP contribution >= 0.6 is 0 Å². The predicted octanol–water partition coefficient (Wildman–Crippen LogP) is 2.95. The van der Waals surface area contributed by atoms with Gasteiger partial charge in [0.25, 0.3) is 0 Å². The number of benzene rings is 1. The van der Waals surface area contributed by atoms with E-state index < -0.39 is 0 Å². The van der Waals surface area contributed by atoms with Crippen molar-refractivity contribution in [3.63, 3.8) is 0 Å². The normalized spacial score (nSPS) is 16.4. The third kappa shape index (κ3) is 4.28.